The van der Waals surface area contributed by atoms with E-state index in [2.05, 4.69) is 10.6 Å². The number of likely N-dealkylation sites (N-methyl/N-ethyl adjacent to an activating group) is 1. The molecule has 3 rings (SSSR count). The fraction of sp³-hybridized carbons (Fsp3) is 0.286. The molecule has 1 heterocycles. The second-order valence-corrected chi connectivity index (χ2v) is 6.86. The monoisotopic (exact) mass is 396 g/mol. The van der Waals surface area contributed by atoms with E-state index in [0.29, 0.717) is 22.8 Å². The number of anilines is 3. The van der Waals surface area contributed by atoms with Crippen molar-refractivity contribution in [2.45, 2.75) is 13.0 Å². The Hall–Kier alpha value is -3.39. The van der Waals surface area contributed by atoms with Crippen molar-refractivity contribution < 1.29 is 19.1 Å². The number of hydrogen-bond donors (Lipinski definition) is 2. The topological polar surface area (TPSA) is 91.0 Å². The summed E-state index contributed by atoms with van der Waals surface area (Å²) in [5, 5.41) is 5.55. The summed E-state index contributed by atoms with van der Waals surface area (Å²) in [6, 6.07) is 13.6. The second-order valence-electron chi connectivity index (χ2n) is 6.86. The lowest BCUT2D eigenvalue weighted by molar-refractivity contribution is -0.126. The Morgan fingerprint density at radius 1 is 1.24 bits per heavy atom. The van der Waals surface area contributed by atoms with Gasteiger partial charge in [0.1, 0.15) is 12.3 Å². The van der Waals surface area contributed by atoms with E-state index < -0.39 is 6.04 Å². The Morgan fingerprint density at radius 2 is 2.00 bits per heavy atom. The van der Waals surface area contributed by atoms with Crippen LogP contribution in [0.25, 0.3) is 0 Å². The van der Waals surface area contributed by atoms with Crippen LogP contribution in [0.5, 0.6) is 5.75 Å². The Kier molecular flexibility index (Phi) is 6.13. The molecule has 0 aromatic heterocycles. The first kappa shape index (κ1) is 20.3. The zero-order chi connectivity index (χ0) is 21.0. The summed E-state index contributed by atoms with van der Waals surface area (Å²) in [6.45, 7) is 1.69. The van der Waals surface area contributed by atoms with Crippen LogP contribution in [0.3, 0.4) is 0 Å². The minimum atomic E-state index is -0.593. The first-order valence-corrected chi connectivity index (χ1v) is 9.23. The second kappa shape index (κ2) is 8.74. The van der Waals surface area contributed by atoms with Gasteiger partial charge in [0.2, 0.25) is 17.7 Å². The Bertz CT molecular complexity index is 930. The summed E-state index contributed by atoms with van der Waals surface area (Å²) >= 11 is 0. The number of nitrogens with zero attached hydrogens (tertiary/aromatic N) is 2. The number of amides is 3. The summed E-state index contributed by atoms with van der Waals surface area (Å²) < 4.78 is 5.15. The van der Waals surface area contributed by atoms with E-state index in [1.165, 1.54) is 4.90 Å². The smallest absolute Gasteiger partial charge is 0.244 e. The minimum absolute atomic E-state index is 0.0196. The van der Waals surface area contributed by atoms with Crippen molar-refractivity contribution in [1.82, 2.24) is 4.90 Å². The summed E-state index contributed by atoms with van der Waals surface area (Å²) in [7, 11) is 3.25. The zero-order valence-electron chi connectivity index (χ0n) is 16.6. The van der Waals surface area contributed by atoms with Gasteiger partial charge in [0.15, 0.2) is 0 Å². The van der Waals surface area contributed by atoms with Crippen LogP contribution >= 0.6 is 0 Å². The number of carbonyl (C=O) groups is 3. The highest BCUT2D eigenvalue weighted by molar-refractivity contribution is 6.11. The van der Waals surface area contributed by atoms with Crippen molar-refractivity contribution in [2.24, 2.45) is 0 Å². The first-order valence-electron chi connectivity index (χ1n) is 9.23. The van der Waals surface area contributed by atoms with Crippen molar-refractivity contribution in [3.63, 3.8) is 0 Å². The number of para-hydroxylation sites is 2. The minimum Gasteiger partial charge on any atom is -0.497 e. The van der Waals surface area contributed by atoms with Crippen LogP contribution in [-0.4, -0.2) is 55.9 Å². The highest BCUT2D eigenvalue weighted by atomic mass is 16.5. The number of ether oxygens (including phenoxy) is 1. The van der Waals surface area contributed by atoms with E-state index in [9.17, 15) is 14.4 Å². The molecule has 2 N–H and O–H groups in total. The van der Waals surface area contributed by atoms with Crippen LogP contribution in [0.15, 0.2) is 48.5 Å². The first-order chi connectivity index (χ1) is 13.9. The average molecular weight is 396 g/mol. The maximum absolute atomic E-state index is 13.0. The lowest BCUT2D eigenvalue weighted by atomic mass is 10.1. The maximum Gasteiger partial charge on any atom is 0.244 e. The third kappa shape index (κ3) is 4.72. The van der Waals surface area contributed by atoms with Crippen LogP contribution in [0.1, 0.15) is 6.92 Å². The fourth-order valence-electron chi connectivity index (χ4n) is 3.11. The highest BCUT2D eigenvalue weighted by Crippen LogP contribution is 2.29. The molecule has 0 spiro atoms. The molecule has 0 saturated heterocycles. The molecule has 3 amide bonds. The number of benzene rings is 2. The highest BCUT2D eigenvalue weighted by Gasteiger charge is 2.31. The third-order valence-electron chi connectivity index (χ3n) is 4.80. The molecule has 2 aromatic carbocycles. The van der Waals surface area contributed by atoms with Crippen molar-refractivity contribution in [3.8, 4) is 5.75 Å². The number of methoxy groups -OCH3 is 1. The predicted octanol–water partition coefficient (Wildman–Crippen LogP) is 1.94. The summed E-state index contributed by atoms with van der Waals surface area (Å²) in [6.07, 6.45) is 0. The normalized spacial score (nSPS) is 14.1. The van der Waals surface area contributed by atoms with E-state index >= 15 is 0 Å². The summed E-state index contributed by atoms with van der Waals surface area (Å²) in [5.41, 5.74) is 1.87. The van der Waals surface area contributed by atoms with Gasteiger partial charge in [0.25, 0.3) is 0 Å². The van der Waals surface area contributed by atoms with E-state index in [-0.39, 0.29) is 30.8 Å². The number of hydrogen-bond acceptors (Lipinski definition) is 5. The number of rotatable bonds is 6. The van der Waals surface area contributed by atoms with Crippen LogP contribution in [0, 0.1) is 0 Å². The fourth-order valence-corrected chi connectivity index (χ4v) is 3.11. The van der Waals surface area contributed by atoms with Crippen molar-refractivity contribution in [3.05, 3.63) is 48.5 Å². The molecular formula is C21H24N4O4. The van der Waals surface area contributed by atoms with Crippen LogP contribution in [-0.2, 0) is 14.4 Å². The Morgan fingerprint density at radius 3 is 2.76 bits per heavy atom. The lowest BCUT2D eigenvalue weighted by Gasteiger charge is -2.33. The average Bonchev–Trinajstić information content (AvgIpc) is 2.71. The van der Waals surface area contributed by atoms with Crippen molar-refractivity contribution in [2.75, 3.05) is 42.8 Å². The molecule has 0 fully saturated rings. The zero-order valence-corrected chi connectivity index (χ0v) is 16.6. The Balaban J connectivity index is 1.65. The predicted molar refractivity (Wildman–Crippen MR) is 111 cm³/mol. The number of nitrogens with one attached hydrogen (secondary N) is 2. The molecule has 0 unspecified atom stereocenters. The molecule has 8 heteroatoms. The molecule has 29 heavy (non-hydrogen) atoms. The lowest BCUT2D eigenvalue weighted by Crippen LogP contribution is -2.51. The van der Waals surface area contributed by atoms with Gasteiger partial charge in [-0.25, -0.2) is 0 Å². The molecule has 8 nitrogen and oxygen atoms in total. The van der Waals surface area contributed by atoms with Gasteiger partial charge in [-0.05, 0) is 38.2 Å². The molecule has 1 atom stereocenters. The van der Waals surface area contributed by atoms with Crippen LogP contribution in [0.2, 0.25) is 0 Å². The molecule has 0 radical (unpaired) electrons. The molecule has 152 valence electrons. The quantitative estimate of drug-likeness (QED) is 0.779. The molecule has 0 bridgehead atoms. The maximum atomic E-state index is 13.0. The van der Waals surface area contributed by atoms with E-state index in [1.54, 1.807) is 68.4 Å². The summed E-state index contributed by atoms with van der Waals surface area (Å²) in [4.78, 5) is 40.5. The van der Waals surface area contributed by atoms with Crippen molar-refractivity contribution in [1.29, 1.82) is 0 Å². The standard InChI is InChI=1S/C21H24N4O4/c1-14(21(28)25-13-20(27)23-17-9-4-5-10-18(17)25)24(2)12-19(26)22-15-7-6-8-16(11-15)29-3/h4-11,14H,12-13H2,1-3H3,(H,22,26)(H,23,27)/t14-/m1/s1. The van der Waals surface area contributed by atoms with Gasteiger partial charge in [-0.2, -0.15) is 0 Å². The van der Waals surface area contributed by atoms with E-state index in [4.69, 9.17) is 4.74 Å². The number of fused-ring (bicyclic) bond motifs is 1. The molecule has 1 aliphatic heterocycles. The van der Waals surface area contributed by atoms with Gasteiger partial charge >= 0.3 is 0 Å². The van der Waals surface area contributed by atoms with Crippen LogP contribution in [0.4, 0.5) is 17.1 Å². The van der Waals surface area contributed by atoms with Gasteiger partial charge in [-0.15, -0.1) is 0 Å². The van der Waals surface area contributed by atoms with Gasteiger partial charge in [0, 0.05) is 11.8 Å². The van der Waals surface area contributed by atoms with E-state index in [0.717, 1.165) is 0 Å². The van der Waals surface area contributed by atoms with Crippen molar-refractivity contribution >= 4 is 34.8 Å². The van der Waals surface area contributed by atoms with Gasteiger partial charge < -0.3 is 15.4 Å². The molecular weight excluding hydrogens is 372 g/mol. The third-order valence-corrected chi connectivity index (χ3v) is 4.80. The SMILES string of the molecule is COc1cccc(NC(=O)CN(C)[C@H](C)C(=O)N2CC(=O)Nc3ccccc32)c1. The molecule has 0 aliphatic carbocycles. The number of carbonyl (C=O) groups excluding carboxylic acids is 3. The Labute approximate surface area is 169 Å². The van der Waals surface area contributed by atoms with Crippen LogP contribution < -0.4 is 20.3 Å². The van der Waals surface area contributed by atoms with Gasteiger partial charge in [-0.3, -0.25) is 24.2 Å². The molecule has 2 aromatic rings. The van der Waals surface area contributed by atoms with Gasteiger partial charge in [-0.1, -0.05) is 18.2 Å². The molecule has 0 saturated carbocycles. The molecule has 1 aliphatic rings. The van der Waals surface area contributed by atoms with Gasteiger partial charge in [0.05, 0.1) is 31.1 Å². The summed E-state index contributed by atoms with van der Waals surface area (Å²) in [5.74, 6) is -0.106. The largest absolute Gasteiger partial charge is 0.497 e. The van der Waals surface area contributed by atoms with E-state index in [1.807, 2.05) is 6.07 Å².